The Balaban J connectivity index is 1.58. The largest absolute Gasteiger partial charge is 0.461 e. The van der Waals surface area contributed by atoms with E-state index < -0.39 is 65.6 Å². The zero-order chi connectivity index (χ0) is 34.5. The molecule has 3 rings (SSSR count). The number of esters is 1. The second kappa shape index (κ2) is 17.8. The van der Waals surface area contributed by atoms with Crippen molar-refractivity contribution in [3.63, 3.8) is 0 Å². The highest BCUT2D eigenvalue weighted by Gasteiger charge is 2.34. The first-order valence-corrected chi connectivity index (χ1v) is 16.1. The Hall–Kier alpha value is -4.80. The van der Waals surface area contributed by atoms with Crippen molar-refractivity contribution in [2.75, 3.05) is 6.54 Å². The number of aromatic nitrogens is 1. The summed E-state index contributed by atoms with van der Waals surface area (Å²) < 4.78 is 5.38. The zero-order valence-electron chi connectivity index (χ0n) is 27.5. The van der Waals surface area contributed by atoms with E-state index in [4.69, 9.17) is 10.5 Å². The minimum Gasteiger partial charge on any atom is -0.461 e. The van der Waals surface area contributed by atoms with E-state index in [1.807, 2.05) is 81.4 Å². The molecule has 0 saturated carbocycles. The number of carbonyl (C=O) groups is 6. The van der Waals surface area contributed by atoms with Gasteiger partial charge in [-0.05, 0) is 47.8 Å². The first kappa shape index (κ1) is 36.7. The number of aromatic amines is 1. The van der Waals surface area contributed by atoms with E-state index in [0.717, 1.165) is 22.2 Å². The quantitative estimate of drug-likeness (QED) is 0.113. The Morgan fingerprint density at radius 1 is 0.894 bits per heavy atom. The average Bonchev–Trinajstić information content (AvgIpc) is 3.46. The van der Waals surface area contributed by atoms with Crippen LogP contribution in [0.3, 0.4) is 0 Å². The minimum atomic E-state index is -1.17. The molecule has 0 saturated heterocycles. The maximum atomic E-state index is 13.4. The molecule has 252 valence electrons. The van der Waals surface area contributed by atoms with Gasteiger partial charge in [0.15, 0.2) is 5.78 Å². The summed E-state index contributed by atoms with van der Waals surface area (Å²) in [5.74, 6) is -6.06. The maximum absolute atomic E-state index is 13.4. The number of benzene rings is 2. The van der Waals surface area contributed by atoms with Gasteiger partial charge >= 0.3 is 5.97 Å². The fourth-order valence-corrected chi connectivity index (χ4v) is 5.36. The number of carbonyl (C=O) groups excluding carboxylic acids is 6. The molecule has 0 fully saturated rings. The summed E-state index contributed by atoms with van der Waals surface area (Å²) in [6.45, 7) is 6.98. The van der Waals surface area contributed by atoms with Gasteiger partial charge in [0, 0.05) is 23.5 Å². The van der Waals surface area contributed by atoms with Crippen molar-refractivity contribution in [1.29, 1.82) is 0 Å². The van der Waals surface area contributed by atoms with Crippen LogP contribution in [-0.4, -0.2) is 52.8 Å². The van der Waals surface area contributed by atoms with Crippen molar-refractivity contribution < 1.29 is 33.5 Å². The normalized spacial score (nSPS) is 13.7. The highest BCUT2D eigenvalue weighted by atomic mass is 16.5. The number of hydrogen-bond donors (Lipinski definition) is 4. The number of H-pyrrole nitrogens is 1. The molecular weight excluding hydrogens is 600 g/mol. The molecule has 0 radical (unpaired) electrons. The predicted molar refractivity (Wildman–Crippen MR) is 178 cm³/mol. The van der Waals surface area contributed by atoms with E-state index in [1.54, 1.807) is 6.92 Å². The third kappa shape index (κ3) is 11.5. The van der Waals surface area contributed by atoms with Gasteiger partial charge in [0.1, 0.15) is 6.61 Å². The highest BCUT2D eigenvalue weighted by Crippen LogP contribution is 2.20. The number of nitrogens with one attached hydrogen (secondary N) is 3. The summed E-state index contributed by atoms with van der Waals surface area (Å²) in [7, 11) is 0. The van der Waals surface area contributed by atoms with Crippen molar-refractivity contribution >= 4 is 46.2 Å². The minimum absolute atomic E-state index is 0.0695. The van der Waals surface area contributed by atoms with Crippen LogP contribution in [0.15, 0.2) is 60.7 Å². The summed E-state index contributed by atoms with van der Waals surface area (Å²) in [4.78, 5) is 80.3. The van der Waals surface area contributed by atoms with E-state index in [-0.39, 0.29) is 31.8 Å². The smallest absolute Gasteiger partial charge is 0.306 e. The predicted octanol–water partition coefficient (Wildman–Crippen LogP) is 3.78. The molecule has 1 aromatic heterocycles. The molecule has 0 aliphatic rings. The van der Waals surface area contributed by atoms with E-state index in [1.165, 1.54) is 0 Å². The van der Waals surface area contributed by atoms with Gasteiger partial charge in [0.25, 0.3) is 5.91 Å². The summed E-state index contributed by atoms with van der Waals surface area (Å²) in [5, 5.41) is 6.01. The van der Waals surface area contributed by atoms with Crippen molar-refractivity contribution in [2.24, 2.45) is 29.4 Å². The Labute approximate surface area is 275 Å². The number of primary amides is 1. The Morgan fingerprint density at radius 3 is 2.21 bits per heavy atom. The summed E-state index contributed by atoms with van der Waals surface area (Å²) in [5.41, 5.74) is 8.03. The van der Waals surface area contributed by atoms with Crippen LogP contribution in [0, 0.1) is 23.7 Å². The molecule has 4 unspecified atom stereocenters. The molecule has 47 heavy (non-hydrogen) atoms. The molecule has 5 N–H and O–H groups in total. The summed E-state index contributed by atoms with van der Waals surface area (Å²) >= 11 is 0. The van der Waals surface area contributed by atoms with Gasteiger partial charge in [0.2, 0.25) is 17.6 Å². The Bertz CT molecular complexity index is 1520. The number of ether oxygens (including phenoxy) is 1. The molecule has 3 aromatic rings. The highest BCUT2D eigenvalue weighted by molar-refractivity contribution is 6.38. The van der Waals surface area contributed by atoms with Crippen LogP contribution in [0.4, 0.5) is 0 Å². The molecule has 0 aliphatic heterocycles. The number of ketones is 2. The van der Waals surface area contributed by atoms with Crippen molar-refractivity contribution in [3.05, 3.63) is 71.9 Å². The van der Waals surface area contributed by atoms with Gasteiger partial charge in [-0.25, -0.2) is 0 Å². The third-order valence-electron chi connectivity index (χ3n) is 8.17. The van der Waals surface area contributed by atoms with Gasteiger partial charge in [-0.15, -0.1) is 0 Å². The SMILES string of the molecule is CCC(C)C(NC(=O)C(CC(=O)OCc1ccccc1)CC(C)C)C(=O)C(=O)NCC(=O)CC(Cc1cc2ccccc2[nH]1)C(N)=O. The molecule has 4 atom stereocenters. The van der Waals surface area contributed by atoms with E-state index >= 15 is 0 Å². The lowest BCUT2D eigenvalue weighted by Gasteiger charge is -2.26. The molecule has 11 nitrogen and oxygen atoms in total. The first-order valence-electron chi connectivity index (χ1n) is 16.1. The van der Waals surface area contributed by atoms with Gasteiger partial charge < -0.3 is 26.1 Å². The standard InChI is InChI=1S/C36H46N4O7/c1-5-23(4)32(40-35(45)27(15-22(2)3)19-31(42)47-21-24-11-7-6-8-12-24)33(43)36(46)38-20-29(41)18-26(34(37)44)17-28-16-25-13-9-10-14-30(25)39-28/h6-14,16,22-23,26-27,32,39H,5,15,17-21H2,1-4H3,(H2,37,44)(H,38,46)(H,40,45). The second-order valence-electron chi connectivity index (χ2n) is 12.5. The van der Waals surface area contributed by atoms with Crippen LogP contribution in [0.1, 0.15) is 64.6 Å². The first-order chi connectivity index (χ1) is 22.4. The molecule has 0 aliphatic carbocycles. The number of amides is 3. The lowest BCUT2D eigenvalue weighted by molar-refractivity contribution is -0.149. The lowest BCUT2D eigenvalue weighted by Crippen LogP contribution is -2.52. The molecule has 3 amide bonds. The van der Waals surface area contributed by atoms with Crippen LogP contribution >= 0.6 is 0 Å². The van der Waals surface area contributed by atoms with E-state index in [2.05, 4.69) is 15.6 Å². The number of rotatable bonds is 19. The lowest BCUT2D eigenvalue weighted by atomic mass is 9.90. The van der Waals surface area contributed by atoms with E-state index in [9.17, 15) is 28.8 Å². The second-order valence-corrected chi connectivity index (χ2v) is 12.5. The van der Waals surface area contributed by atoms with Crippen molar-refractivity contribution in [1.82, 2.24) is 15.6 Å². The third-order valence-corrected chi connectivity index (χ3v) is 8.17. The summed E-state index contributed by atoms with van der Waals surface area (Å²) in [6, 6.07) is 17.5. The van der Waals surface area contributed by atoms with Gasteiger partial charge in [-0.1, -0.05) is 82.6 Å². The van der Waals surface area contributed by atoms with Crippen LogP contribution in [0.2, 0.25) is 0 Å². The van der Waals surface area contributed by atoms with Crippen LogP contribution in [-0.2, 0) is 46.5 Å². The van der Waals surface area contributed by atoms with Gasteiger partial charge in [-0.2, -0.15) is 0 Å². The number of fused-ring (bicyclic) bond motifs is 1. The molecule has 0 bridgehead atoms. The molecule has 11 heteroatoms. The fraction of sp³-hybridized carbons (Fsp3) is 0.444. The zero-order valence-corrected chi connectivity index (χ0v) is 27.5. The molecule has 0 spiro atoms. The van der Waals surface area contributed by atoms with Crippen LogP contribution in [0.5, 0.6) is 0 Å². The number of para-hydroxylation sites is 1. The topological polar surface area (TPSA) is 178 Å². The van der Waals surface area contributed by atoms with Gasteiger partial charge in [0.05, 0.1) is 24.9 Å². The average molecular weight is 647 g/mol. The van der Waals surface area contributed by atoms with E-state index in [0.29, 0.717) is 12.8 Å². The Morgan fingerprint density at radius 2 is 1.57 bits per heavy atom. The van der Waals surface area contributed by atoms with Crippen LogP contribution in [0.25, 0.3) is 10.9 Å². The molecular formula is C36H46N4O7. The maximum Gasteiger partial charge on any atom is 0.306 e. The van der Waals surface area contributed by atoms with Crippen LogP contribution < -0.4 is 16.4 Å². The molecule has 1 heterocycles. The fourth-order valence-electron chi connectivity index (χ4n) is 5.36. The number of nitrogens with two attached hydrogens (primary N) is 1. The Kier molecular flexibility index (Phi) is 13.9. The molecule has 2 aromatic carbocycles. The number of hydrogen-bond acceptors (Lipinski definition) is 7. The van der Waals surface area contributed by atoms with Gasteiger partial charge in [-0.3, -0.25) is 28.8 Å². The summed E-state index contributed by atoms with van der Waals surface area (Å²) in [6.07, 6.45) is 0.654. The number of Topliss-reactive ketones (excluding diaryl/α,β-unsaturated/α-hetero) is 2. The van der Waals surface area contributed by atoms with Crippen molar-refractivity contribution in [3.8, 4) is 0 Å². The van der Waals surface area contributed by atoms with Crippen molar-refractivity contribution in [2.45, 2.75) is 72.4 Å². The monoisotopic (exact) mass is 646 g/mol.